The molecule has 1 atom stereocenters. The van der Waals surface area contributed by atoms with Crippen molar-refractivity contribution >= 4 is 0 Å². The van der Waals surface area contributed by atoms with Gasteiger partial charge in [-0.3, -0.25) is 0 Å². The molecule has 1 aliphatic heterocycles. The van der Waals surface area contributed by atoms with Crippen LogP contribution in [0, 0.1) is 0 Å². The highest BCUT2D eigenvalue weighted by Crippen LogP contribution is 2.17. The largest absolute Gasteiger partial charge is 0.373 e. The topological polar surface area (TPSA) is 15.8 Å². The maximum atomic E-state index is 5.14. The lowest BCUT2D eigenvalue weighted by Gasteiger charge is -2.31. The van der Waals surface area contributed by atoms with E-state index in [0.717, 1.165) is 13.2 Å². The van der Waals surface area contributed by atoms with Crippen LogP contribution in [0.4, 0.5) is 0 Å². The van der Waals surface area contributed by atoms with Gasteiger partial charge in [0.05, 0.1) is 12.7 Å². The summed E-state index contributed by atoms with van der Waals surface area (Å²) in [6.45, 7) is 8.84. The summed E-state index contributed by atoms with van der Waals surface area (Å²) in [4.78, 5) is 2.37. The molecule has 2 heteroatoms. The van der Waals surface area contributed by atoms with Crippen LogP contribution in [-0.2, 0) is 4.74 Å². The van der Waals surface area contributed by atoms with Crippen LogP contribution in [0.3, 0.4) is 0 Å². The molecule has 0 aromatic rings. The van der Waals surface area contributed by atoms with Crippen LogP contribution in [0.15, 0.2) is 0 Å². The Kier molecular flexibility index (Phi) is 2.55. The van der Waals surface area contributed by atoms with E-state index < -0.39 is 0 Å². The number of nitrogens with zero attached hydrogens (tertiary/aromatic N) is 1. The first-order valence-corrected chi connectivity index (χ1v) is 4.33. The molecule has 2 nitrogen and oxygen atoms in total. The van der Waals surface area contributed by atoms with Crippen molar-refractivity contribution in [2.45, 2.75) is 38.8 Å². The van der Waals surface area contributed by atoms with Crippen molar-refractivity contribution in [3.05, 3.63) is 0 Å². The van der Waals surface area contributed by atoms with Gasteiger partial charge in [-0.25, -0.2) is 0 Å². The fourth-order valence-corrected chi connectivity index (χ4v) is 0.908. The Hall–Kier alpha value is -0.0800. The van der Waals surface area contributed by atoms with Gasteiger partial charge in [-0.2, -0.15) is 0 Å². The standard InChI is InChI=1S/C9H19NO/c1-9(2,3)10(4)6-5-8-7-11-8/h8H,5-7H2,1-4H3. The molecule has 0 N–H and O–H groups in total. The Labute approximate surface area is 69.5 Å². The molecule has 0 aromatic heterocycles. The molecule has 0 bridgehead atoms. The zero-order valence-corrected chi connectivity index (χ0v) is 8.05. The van der Waals surface area contributed by atoms with E-state index >= 15 is 0 Å². The van der Waals surface area contributed by atoms with Gasteiger partial charge in [0.15, 0.2) is 0 Å². The van der Waals surface area contributed by atoms with Gasteiger partial charge in [0.1, 0.15) is 0 Å². The van der Waals surface area contributed by atoms with E-state index in [1.54, 1.807) is 0 Å². The molecule has 0 aromatic carbocycles. The molecular formula is C9H19NO. The van der Waals surface area contributed by atoms with Gasteiger partial charge in [-0.1, -0.05) is 0 Å². The van der Waals surface area contributed by atoms with Gasteiger partial charge in [0, 0.05) is 12.1 Å². The van der Waals surface area contributed by atoms with Gasteiger partial charge < -0.3 is 9.64 Å². The molecule has 1 heterocycles. The van der Waals surface area contributed by atoms with E-state index in [4.69, 9.17) is 4.74 Å². The smallest absolute Gasteiger partial charge is 0.0822 e. The van der Waals surface area contributed by atoms with Gasteiger partial charge in [-0.05, 0) is 34.2 Å². The molecule has 66 valence electrons. The Morgan fingerprint density at radius 2 is 2.00 bits per heavy atom. The van der Waals surface area contributed by atoms with Crippen molar-refractivity contribution in [1.82, 2.24) is 4.90 Å². The molecule has 1 rings (SSSR count). The first-order chi connectivity index (χ1) is 5.00. The SMILES string of the molecule is CN(CCC1CO1)C(C)(C)C. The lowest BCUT2D eigenvalue weighted by atomic mass is 10.1. The predicted octanol–water partition coefficient (Wildman–Crippen LogP) is 1.51. The zero-order chi connectivity index (χ0) is 8.48. The Balaban J connectivity index is 2.13. The number of epoxide rings is 1. The van der Waals surface area contributed by atoms with Crippen LogP contribution in [0.5, 0.6) is 0 Å². The van der Waals surface area contributed by atoms with Crippen LogP contribution in [0.25, 0.3) is 0 Å². The molecule has 0 radical (unpaired) electrons. The quantitative estimate of drug-likeness (QED) is 0.577. The van der Waals surface area contributed by atoms with Crippen LogP contribution in [0.2, 0.25) is 0 Å². The molecule has 0 saturated carbocycles. The molecule has 11 heavy (non-hydrogen) atoms. The fourth-order valence-electron chi connectivity index (χ4n) is 0.908. The lowest BCUT2D eigenvalue weighted by Crippen LogP contribution is -2.38. The van der Waals surface area contributed by atoms with E-state index in [9.17, 15) is 0 Å². The average molecular weight is 157 g/mol. The molecule has 0 spiro atoms. The van der Waals surface area contributed by atoms with Gasteiger partial charge >= 0.3 is 0 Å². The van der Waals surface area contributed by atoms with Crippen LogP contribution < -0.4 is 0 Å². The van der Waals surface area contributed by atoms with Gasteiger partial charge in [0.25, 0.3) is 0 Å². The summed E-state index contributed by atoms with van der Waals surface area (Å²) in [6.07, 6.45) is 1.76. The molecule has 0 aliphatic carbocycles. The maximum Gasteiger partial charge on any atom is 0.0822 e. The second kappa shape index (κ2) is 3.11. The van der Waals surface area contributed by atoms with E-state index in [-0.39, 0.29) is 0 Å². The zero-order valence-electron chi connectivity index (χ0n) is 8.05. The predicted molar refractivity (Wildman–Crippen MR) is 46.7 cm³/mol. The number of ether oxygens (including phenoxy) is 1. The minimum atomic E-state index is 0.300. The summed E-state index contributed by atoms with van der Waals surface area (Å²) >= 11 is 0. The average Bonchev–Trinajstić information content (AvgIpc) is 2.62. The maximum absolute atomic E-state index is 5.14. The highest BCUT2D eigenvalue weighted by Gasteiger charge is 2.24. The van der Waals surface area contributed by atoms with Crippen LogP contribution in [0.1, 0.15) is 27.2 Å². The molecule has 0 amide bonds. The second-order valence-electron chi connectivity index (χ2n) is 4.34. The summed E-state index contributed by atoms with van der Waals surface area (Å²) in [5, 5.41) is 0. The van der Waals surface area contributed by atoms with E-state index in [1.807, 2.05) is 0 Å². The lowest BCUT2D eigenvalue weighted by molar-refractivity contribution is 0.168. The van der Waals surface area contributed by atoms with Gasteiger partial charge in [0.2, 0.25) is 0 Å². The van der Waals surface area contributed by atoms with E-state index in [1.165, 1.54) is 6.42 Å². The Bertz CT molecular complexity index is 124. The molecule has 1 unspecified atom stereocenters. The summed E-state index contributed by atoms with van der Waals surface area (Å²) in [5.74, 6) is 0. The third-order valence-electron chi connectivity index (χ3n) is 2.33. The van der Waals surface area contributed by atoms with Crippen molar-refractivity contribution in [2.24, 2.45) is 0 Å². The minimum absolute atomic E-state index is 0.300. The highest BCUT2D eigenvalue weighted by atomic mass is 16.6. The Morgan fingerprint density at radius 3 is 2.36 bits per heavy atom. The summed E-state index contributed by atoms with van der Waals surface area (Å²) in [7, 11) is 2.17. The van der Waals surface area contributed by atoms with Crippen LogP contribution in [-0.4, -0.2) is 36.7 Å². The summed E-state index contributed by atoms with van der Waals surface area (Å²) in [5.41, 5.74) is 0.300. The molecule has 1 saturated heterocycles. The van der Waals surface area contributed by atoms with Crippen molar-refractivity contribution in [2.75, 3.05) is 20.2 Å². The van der Waals surface area contributed by atoms with Crippen molar-refractivity contribution in [1.29, 1.82) is 0 Å². The van der Waals surface area contributed by atoms with E-state index in [2.05, 4.69) is 32.7 Å². The minimum Gasteiger partial charge on any atom is -0.373 e. The first-order valence-electron chi connectivity index (χ1n) is 4.33. The first kappa shape index (κ1) is 9.01. The summed E-state index contributed by atoms with van der Waals surface area (Å²) < 4.78 is 5.14. The third kappa shape index (κ3) is 3.21. The fraction of sp³-hybridized carbons (Fsp3) is 1.00. The van der Waals surface area contributed by atoms with Crippen molar-refractivity contribution in [3.63, 3.8) is 0 Å². The van der Waals surface area contributed by atoms with E-state index in [0.29, 0.717) is 11.6 Å². The molecular weight excluding hydrogens is 138 g/mol. The molecule has 1 aliphatic rings. The van der Waals surface area contributed by atoms with Crippen LogP contribution >= 0.6 is 0 Å². The number of hydrogen-bond donors (Lipinski definition) is 0. The molecule has 1 fully saturated rings. The third-order valence-corrected chi connectivity index (χ3v) is 2.33. The monoisotopic (exact) mass is 157 g/mol. The second-order valence-corrected chi connectivity index (χ2v) is 4.34. The Morgan fingerprint density at radius 1 is 1.45 bits per heavy atom. The number of hydrogen-bond acceptors (Lipinski definition) is 2. The summed E-state index contributed by atoms with van der Waals surface area (Å²) in [6, 6.07) is 0. The highest BCUT2D eigenvalue weighted by molar-refractivity contribution is 4.76. The van der Waals surface area contributed by atoms with Crippen molar-refractivity contribution < 1.29 is 4.74 Å². The normalized spacial score (nSPS) is 24.3. The number of rotatable bonds is 3. The van der Waals surface area contributed by atoms with Gasteiger partial charge in [-0.15, -0.1) is 0 Å². The van der Waals surface area contributed by atoms with Crippen molar-refractivity contribution in [3.8, 4) is 0 Å².